The van der Waals surface area contributed by atoms with Gasteiger partial charge in [0.25, 0.3) is 0 Å². The van der Waals surface area contributed by atoms with Gasteiger partial charge in [0.05, 0.1) is 7.11 Å². The van der Waals surface area contributed by atoms with E-state index in [9.17, 15) is 9.90 Å². The summed E-state index contributed by atoms with van der Waals surface area (Å²) in [5.74, 6) is 2.27. The minimum absolute atomic E-state index is 0.387. The van der Waals surface area contributed by atoms with E-state index in [0.717, 1.165) is 33.3 Å². The molecule has 1 aromatic heterocycles. The van der Waals surface area contributed by atoms with Crippen molar-refractivity contribution in [1.29, 1.82) is 0 Å². The van der Waals surface area contributed by atoms with Gasteiger partial charge in [-0.2, -0.15) is 0 Å². The molecule has 0 radical (unpaired) electrons. The van der Waals surface area contributed by atoms with Gasteiger partial charge in [-0.05, 0) is 75.4 Å². The smallest absolute Gasteiger partial charge is 0.319 e. The Balaban J connectivity index is 1.64. The quantitative estimate of drug-likeness (QED) is 0.472. The van der Waals surface area contributed by atoms with E-state index in [-0.39, 0.29) is 0 Å². The van der Waals surface area contributed by atoms with Crippen molar-refractivity contribution in [3.05, 3.63) is 65.9 Å². The summed E-state index contributed by atoms with van der Waals surface area (Å²) in [5.41, 5.74) is 1.95. The lowest BCUT2D eigenvalue weighted by molar-refractivity contribution is -0.138. The number of carboxylic acid groups (broad SMARTS) is 1. The predicted molar refractivity (Wildman–Crippen MR) is 114 cm³/mol. The van der Waals surface area contributed by atoms with E-state index >= 15 is 0 Å². The van der Waals surface area contributed by atoms with E-state index in [1.807, 2.05) is 61.5 Å². The van der Waals surface area contributed by atoms with Gasteiger partial charge in [0.15, 0.2) is 0 Å². The minimum atomic E-state index is -0.881. The number of aryl methyl sites for hydroxylation is 1. The average Bonchev–Trinajstić information content (AvgIpc) is 3.08. The maximum absolute atomic E-state index is 11.3. The molecule has 1 heterocycles. The molecule has 3 aromatic rings. The van der Waals surface area contributed by atoms with Crippen molar-refractivity contribution in [3.63, 3.8) is 0 Å². The van der Waals surface area contributed by atoms with E-state index in [1.54, 1.807) is 21.0 Å². The van der Waals surface area contributed by atoms with Crippen LogP contribution in [0.25, 0.3) is 11.3 Å². The van der Waals surface area contributed by atoms with Gasteiger partial charge >= 0.3 is 5.97 Å². The molecular formula is C23H24O5S. The van der Waals surface area contributed by atoms with Gasteiger partial charge in [-0.1, -0.05) is 0 Å². The van der Waals surface area contributed by atoms with Gasteiger partial charge in [-0.3, -0.25) is 4.79 Å². The van der Waals surface area contributed by atoms with E-state index in [4.69, 9.17) is 13.9 Å². The number of hydrogen-bond acceptors (Lipinski definition) is 5. The zero-order chi connectivity index (χ0) is 21.0. The fourth-order valence-electron chi connectivity index (χ4n) is 2.66. The van der Waals surface area contributed by atoms with Crippen molar-refractivity contribution in [1.82, 2.24) is 0 Å². The summed E-state index contributed by atoms with van der Waals surface area (Å²) in [5, 5.41) is 9.24. The summed E-state index contributed by atoms with van der Waals surface area (Å²) >= 11 is 1.30. The van der Waals surface area contributed by atoms with Gasteiger partial charge < -0.3 is 19.0 Å². The van der Waals surface area contributed by atoms with E-state index in [1.165, 1.54) is 11.8 Å². The Morgan fingerprint density at radius 3 is 2.28 bits per heavy atom. The topological polar surface area (TPSA) is 68.9 Å². The van der Waals surface area contributed by atoms with Crippen LogP contribution in [0.5, 0.6) is 11.5 Å². The summed E-state index contributed by atoms with van der Waals surface area (Å²) in [6.45, 7) is 5.68. The molecule has 0 fully saturated rings. The van der Waals surface area contributed by atoms with Crippen LogP contribution in [0.2, 0.25) is 0 Å². The number of benzene rings is 2. The Morgan fingerprint density at radius 1 is 1.07 bits per heavy atom. The van der Waals surface area contributed by atoms with Gasteiger partial charge in [0.1, 0.15) is 34.4 Å². The Morgan fingerprint density at radius 2 is 1.69 bits per heavy atom. The number of ether oxygens (including phenoxy) is 2. The molecular weight excluding hydrogens is 388 g/mol. The average molecular weight is 413 g/mol. The number of thioether (sulfide) groups is 1. The molecule has 3 rings (SSSR count). The first kappa shape index (κ1) is 20.9. The second-order valence-electron chi connectivity index (χ2n) is 7.10. The van der Waals surface area contributed by atoms with Crippen LogP contribution in [0.4, 0.5) is 0 Å². The third-order valence-corrected chi connectivity index (χ3v) is 5.69. The molecule has 2 aromatic carbocycles. The summed E-state index contributed by atoms with van der Waals surface area (Å²) in [6.07, 6.45) is 0. The maximum atomic E-state index is 11.3. The zero-order valence-corrected chi connectivity index (χ0v) is 17.7. The number of carbonyl (C=O) groups is 1. The standard InChI is InChI=1S/C23H24O5S/c1-15-17(13-21(28-15)16-5-7-18(26-4)8-6-16)14-27-19-9-11-20(12-10-19)29-23(2,3)22(24)25/h5-13H,14H2,1-4H3,(H,24,25). The summed E-state index contributed by atoms with van der Waals surface area (Å²) in [6, 6.07) is 17.1. The highest BCUT2D eigenvalue weighted by Gasteiger charge is 2.28. The zero-order valence-electron chi connectivity index (χ0n) is 16.9. The van der Waals surface area contributed by atoms with Gasteiger partial charge in [-0.25, -0.2) is 0 Å². The first-order chi connectivity index (χ1) is 13.8. The summed E-state index contributed by atoms with van der Waals surface area (Å²) < 4.78 is 16.1. The normalized spacial score (nSPS) is 11.3. The molecule has 0 bridgehead atoms. The molecule has 0 aliphatic carbocycles. The van der Waals surface area contributed by atoms with Crippen LogP contribution in [0.1, 0.15) is 25.2 Å². The lowest BCUT2D eigenvalue weighted by atomic mass is 10.1. The Kier molecular flexibility index (Phi) is 6.23. The predicted octanol–water partition coefficient (Wildman–Crippen LogP) is 5.80. The highest BCUT2D eigenvalue weighted by Crippen LogP contribution is 2.34. The Bertz CT molecular complexity index is 972. The van der Waals surface area contributed by atoms with Crippen LogP contribution in [0.3, 0.4) is 0 Å². The van der Waals surface area contributed by atoms with Gasteiger partial charge in [0.2, 0.25) is 0 Å². The van der Waals surface area contributed by atoms with Gasteiger partial charge in [0, 0.05) is 16.0 Å². The first-order valence-electron chi connectivity index (χ1n) is 9.17. The van der Waals surface area contributed by atoms with Crippen LogP contribution in [-0.4, -0.2) is 22.9 Å². The molecule has 29 heavy (non-hydrogen) atoms. The molecule has 0 aliphatic rings. The molecule has 5 nitrogen and oxygen atoms in total. The number of carboxylic acids is 1. The summed E-state index contributed by atoms with van der Waals surface area (Å²) in [4.78, 5) is 12.1. The Hall–Kier alpha value is -2.86. The first-order valence-corrected chi connectivity index (χ1v) is 9.99. The third-order valence-electron chi connectivity index (χ3n) is 4.50. The maximum Gasteiger partial charge on any atom is 0.319 e. The van der Waals surface area contributed by atoms with Gasteiger partial charge in [-0.15, -0.1) is 11.8 Å². The molecule has 6 heteroatoms. The van der Waals surface area contributed by atoms with Crippen molar-refractivity contribution in [2.75, 3.05) is 7.11 Å². The summed E-state index contributed by atoms with van der Waals surface area (Å²) in [7, 11) is 1.64. The number of hydrogen-bond donors (Lipinski definition) is 1. The van der Waals surface area contributed by atoms with Crippen molar-refractivity contribution in [3.8, 4) is 22.8 Å². The molecule has 0 saturated carbocycles. The molecule has 0 saturated heterocycles. The molecule has 0 atom stereocenters. The number of furan rings is 1. The highest BCUT2D eigenvalue weighted by molar-refractivity contribution is 8.01. The SMILES string of the molecule is COc1ccc(-c2cc(COc3ccc(SC(C)(C)C(=O)O)cc3)c(C)o2)cc1. The second-order valence-corrected chi connectivity index (χ2v) is 8.79. The number of rotatable bonds is 8. The lowest BCUT2D eigenvalue weighted by Gasteiger charge is -2.18. The van der Waals surface area contributed by atoms with Crippen molar-refractivity contribution < 1.29 is 23.8 Å². The number of methoxy groups -OCH3 is 1. The molecule has 0 amide bonds. The lowest BCUT2D eigenvalue weighted by Crippen LogP contribution is -2.26. The fraction of sp³-hybridized carbons (Fsp3) is 0.261. The molecule has 0 spiro atoms. The second kappa shape index (κ2) is 8.66. The largest absolute Gasteiger partial charge is 0.497 e. The number of aliphatic carboxylic acids is 1. The monoisotopic (exact) mass is 412 g/mol. The molecule has 152 valence electrons. The van der Waals surface area contributed by atoms with Crippen LogP contribution < -0.4 is 9.47 Å². The fourth-order valence-corrected chi connectivity index (χ4v) is 3.61. The molecule has 0 unspecified atom stereocenters. The van der Waals surface area contributed by atoms with E-state index in [2.05, 4.69) is 0 Å². The van der Waals surface area contributed by atoms with Crippen LogP contribution in [-0.2, 0) is 11.4 Å². The molecule has 1 N–H and O–H groups in total. The van der Waals surface area contributed by atoms with E-state index in [0.29, 0.717) is 12.4 Å². The van der Waals surface area contributed by atoms with Crippen LogP contribution in [0, 0.1) is 6.92 Å². The van der Waals surface area contributed by atoms with Crippen LogP contribution >= 0.6 is 11.8 Å². The Labute approximate surface area is 174 Å². The van der Waals surface area contributed by atoms with E-state index < -0.39 is 10.7 Å². The van der Waals surface area contributed by atoms with Crippen molar-refractivity contribution >= 4 is 17.7 Å². The van der Waals surface area contributed by atoms with Crippen LogP contribution in [0.15, 0.2) is 63.9 Å². The minimum Gasteiger partial charge on any atom is -0.497 e. The highest BCUT2D eigenvalue weighted by atomic mass is 32.2. The van der Waals surface area contributed by atoms with Crippen molar-refractivity contribution in [2.45, 2.75) is 37.0 Å². The third kappa shape index (κ3) is 5.15. The molecule has 0 aliphatic heterocycles. The van der Waals surface area contributed by atoms with Crippen molar-refractivity contribution in [2.24, 2.45) is 0 Å².